The number of anilines is 1. The first-order chi connectivity index (χ1) is 26.2. The number of likely N-dealkylation sites (tertiary alicyclic amines) is 1. The number of aryl methyl sites for hydroxylation is 1. The fourth-order valence-electron chi connectivity index (χ4n) is 10.4. The lowest BCUT2D eigenvalue weighted by molar-refractivity contribution is -0.0798. The lowest BCUT2D eigenvalue weighted by Crippen LogP contribution is -2.57. The molecule has 288 valence electrons. The Morgan fingerprint density at radius 2 is 1.85 bits per heavy atom. The van der Waals surface area contributed by atoms with Gasteiger partial charge in [-0.25, -0.2) is 8.78 Å². The van der Waals surface area contributed by atoms with Gasteiger partial charge in [-0.1, -0.05) is 19.4 Å². The normalized spacial score (nSPS) is 30.2. The van der Waals surface area contributed by atoms with Gasteiger partial charge in [0.25, 0.3) is 0 Å². The number of hydrogen-bond acceptors (Lipinski definition) is 11. The van der Waals surface area contributed by atoms with Crippen LogP contribution < -0.4 is 9.64 Å². The Morgan fingerprint density at radius 1 is 1.04 bits per heavy atom. The number of β-amino-alcohol motifs (C(OH)–C–C–N with tert-alkyl or cyclic N) is 1. The van der Waals surface area contributed by atoms with E-state index in [1.54, 1.807) is 11.0 Å². The lowest BCUT2D eigenvalue weighted by Gasteiger charge is -2.50. The molecule has 3 N–H and O–H groups in total. The van der Waals surface area contributed by atoms with Crippen molar-refractivity contribution in [2.75, 3.05) is 44.4 Å². The van der Waals surface area contributed by atoms with Gasteiger partial charge in [0.2, 0.25) is 0 Å². The Bertz CT molecular complexity index is 2040. The molecule has 4 aromatic rings. The minimum Gasteiger partial charge on any atom is -0.508 e. The highest BCUT2D eigenvalue weighted by molar-refractivity contribution is 6.01. The van der Waals surface area contributed by atoms with E-state index in [4.69, 9.17) is 24.2 Å². The molecule has 13 heteroatoms. The van der Waals surface area contributed by atoms with Gasteiger partial charge in [-0.2, -0.15) is 9.97 Å². The SMILES string of the molecule is CCc1c(F)ccc2cc(O)cc(-c3ncc4c(N5CC(O)CO[C@@H](CO)C5)nc(OCC56CCCC5N(C5CC7CCC(C5)O7)CCC6)nc4c3F)c12. The van der Waals surface area contributed by atoms with E-state index in [-0.39, 0.29) is 65.6 Å². The van der Waals surface area contributed by atoms with Gasteiger partial charge in [0.15, 0.2) is 5.82 Å². The van der Waals surface area contributed by atoms with Gasteiger partial charge in [-0.05, 0) is 98.9 Å². The molecule has 0 spiro atoms. The molecule has 5 fully saturated rings. The minimum absolute atomic E-state index is 0.0103. The second-order valence-corrected chi connectivity index (χ2v) is 16.2. The second-order valence-electron chi connectivity index (χ2n) is 16.2. The maximum Gasteiger partial charge on any atom is 0.319 e. The average Bonchev–Trinajstić information content (AvgIpc) is 3.70. The van der Waals surface area contributed by atoms with E-state index in [9.17, 15) is 15.3 Å². The Balaban J connectivity index is 1.12. The van der Waals surface area contributed by atoms with E-state index in [1.165, 1.54) is 24.4 Å². The Kier molecular flexibility index (Phi) is 9.58. The van der Waals surface area contributed by atoms with Crippen LogP contribution in [0.5, 0.6) is 11.8 Å². The van der Waals surface area contributed by atoms with Crippen LogP contribution in [0.3, 0.4) is 0 Å². The summed E-state index contributed by atoms with van der Waals surface area (Å²) in [5.41, 5.74) is 0.416. The minimum atomic E-state index is -0.888. The number of ether oxygens (including phenoxy) is 3. The number of aromatic nitrogens is 3. The van der Waals surface area contributed by atoms with Crippen LogP contribution in [0.2, 0.25) is 0 Å². The number of fused-ring (bicyclic) bond motifs is 5. The van der Waals surface area contributed by atoms with Gasteiger partial charge in [-0.15, -0.1) is 0 Å². The number of phenols is 1. The fraction of sp³-hybridized carbons (Fsp3) is 0.585. The van der Waals surface area contributed by atoms with Crippen LogP contribution in [0.1, 0.15) is 70.3 Å². The molecular formula is C41H49F2N5O6. The molecule has 2 bridgehead atoms. The van der Waals surface area contributed by atoms with Crippen molar-refractivity contribution in [2.24, 2.45) is 5.41 Å². The van der Waals surface area contributed by atoms with E-state index >= 15 is 8.78 Å². The highest BCUT2D eigenvalue weighted by Gasteiger charge is 2.51. The maximum atomic E-state index is 17.2. The smallest absolute Gasteiger partial charge is 0.319 e. The van der Waals surface area contributed by atoms with Crippen LogP contribution in [-0.4, -0.2) is 111 Å². The van der Waals surface area contributed by atoms with Gasteiger partial charge in [-0.3, -0.25) is 9.88 Å². The number of nitrogens with zero attached hydrogens (tertiary/aromatic N) is 5. The highest BCUT2D eigenvalue weighted by atomic mass is 19.1. The van der Waals surface area contributed by atoms with E-state index in [1.807, 2.05) is 6.92 Å². The lowest BCUT2D eigenvalue weighted by atomic mass is 9.74. The third-order valence-corrected chi connectivity index (χ3v) is 12.9. The molecule has 1 aliphatic carbocycles. The van der Waals surface area contributed by atoms with Crippen LogP contribution in [0.25, 0.3) is 32.9 Å². The molecule has 6 atom stereocenters. The molecule has 1 saturated carbocycles. The van der Waals surface area contributed by atoms with E-state index in [2.05, 4.69) is 9.88 Å². The number of aromatic hydroxyl groups is 1. The van der Waals surface area contributed by atoms with Crippen LogP contribution in [0.15, 0.2) is 30.5 Å². The molecule has 4 aliphatic heterocycles. The summed E-state index contributed by atoms with van der Waals surface area (Å²) >= 11 is 0. The number of hydrogen-bond donors (Lipinski definition) is 3. The van der Waals surface area contributed by atoms with Gasteiger partial charge in [0.1, 0.15) is 28.6 Å². The average molecular weight is 746 g/mol. The summed E-state index contributed by atoms with van der Waals surface area (Å²) in [6.45, 7) is 3.35. The maximum absolute atomic E-state index is 17.2. The molecule has 5 aliphatic rings. The number of pyridine rings is 1. The molecule has 11 nitrogen and oxygen atoms in total. The number of piperidine rings is 1. The predicted octanol–water partition coefficient (Wildman–Crippen LogP) is 5.67. The first kappa shape index (κ1) is 35.9. The van der Waals surface area contributed by atoms with Crippen LogP contribution in [-0.2, 0) is 15.9 Å². The van der Waals surface area contributed by atoms with Gasteiger partial charge >= 0.3 is 6.01 Å². The standard InChI is InChI=1S/C41H49F2N5O6/c1-2-30-33(42)9-6-23-13-25(50)16-31(35(23)30)37-36(43)38-32(17-44-37)39(47-18-26(51)21-52-29(19-47)20-49)46-40(45-38)53-22-41-10-3-5-34(41)48(12-4-11-41)24-14-27-7-8-28(15-24)54-27/h6,9,13,16-17,24,26-29,34,49-51H,2-5,7-8,10-12,14-15,18-22H2,1H3/t24?,26?,27?,28?,29-,34?,41?/m1/s1. The molecule has 0 amide bonds. The zero-order chi connectivity index (χ0) is 37.1. The summed E-state index contributed by atoms with van der Waals surface area (Å²) in [5, 5.41) is 32.9. The van der Waals surface area contributed by atoms with Gasteiger partial charge in [0.05, 0.1) is 49.6 Å². The number of aliphatic hydroxyl groups is 2. The van der Waals surface area contributed by atoms with Gasteiger partial charge in [0, 0.05) is 42.3 Å². The molecule has 54 heavy (non-hydrogen) atoms. The highest BCUT2D eigenvalue weighted by Crippen LogP contribution is 2.50. The van der Waals surface area contributed by atoms with Crippen LogP contribution >= 0.6 is 0 Å². The topological polar surface area (TPSA) is 134 Å². The Morgan fingerprint density at radius 3 is 2.65 bits per heavy atom. The zero-order valence-corrected chi connectivity index (χ0v) is 30.7. The van der Waals surface area contributed by atoms with Crippen molar-refractivity contribution < 1.29 is 38.3 Å². The van der Waals surface area contributed by atoms with Gasteiger partial charge < -0.3 is 34.4 Å². The molecule has 9 rings (SSSR count). The molecule has 5 unspecified atom stereocenters. The number of benzene rings is 2. The second kappa shape index (κ2) is 14.4. The number of halogens is 2. The number of aliphatic hydroxyl groups excluding tert-OH is 2. The molecular weight excluding hydrogens is 696 g/mol. The van der Waals surface area contributed by atoms with Crippen molar-refractivity contribution in [3.8, 4) is 23.0 Å². The van der Waals surface area contributed by atoms with E-state index in [0.717, 1.165) is 64.3 Å². The summed E-state index contributed by atoms with van der Waals surface area (Å²) < 4.78 is 50.8. The van der Waals surface area contributed by atoms with Crippen LogP contribution in [0, 0.1) is 17.0 Å². The summed E-state index contributed by atoms with van der Waals surface area (Å²) in [7, 11) is 0. The van der Waals surface area contributed by atoms with Crippen molar-refractivity contribution in [1.82, 2.24) is 19.9 Å². The third-order valence-electron chi connectivity index (χ3n) is 12.9. The monoisotopic (exact) mass is 745 g/mol. The molecule has 2 aromatic carbocycles. The van der Waals surface area contributed by atoms with Crippen molar-refractivity contribution in [3.05, 3.63) is 47.7 Å². The zero-order valence-electron chi connectivity index (χ0n) is 30.7. The summed E-state index contributed by atoms with van der Waals surface area (Å²) in [6, 6.07) is 6.74. The van der Waals surface area contributed by atoms with Crippen molar-refractivity contribution in [3.63, 3.8) is 0 Å². The summed E-state index contributed by atoms with van der Waals surface area (Å²) in [6.07, 6.45) is 10.9. The molecule has 2 aromatic heterocycles. The quantitative estimate of drug-likeness (QED) is 0.206. The van der Waals surface area contributed by atoms with Crippen LogP contribution in [0.4, 0.5) is 14.6 Å². The molecule has 6 heterocycles. The fourth-order valence-corrected chi connectivity index (χ4v) is 10.4. The Hall–Kier alpha value is -3.75. The molecule has 4 saturated heterocycles. The first-order valence-electron chi connectivity index (χ1n) is 19.7. The van der Waals surface area contributed by atoms with Crippen molar-refractivity contribution >= 4 is 27.5 Å². The van der Waals surface area contributed by atoms with Crippen molar-refractivity contribution in [2.45, 2.75) is 108 Å². The molecule has 0 radical (unpaired) electrons. The largest absolute Gasteiger partial charge is 0.508 e. The summed E-state index contributed by atoms with van der Waals surface area (Å²) in [4.78, 5) is 18.6. The van der Waals surface area contributed by atoms with E-state index in [0.29, 0.717) is 59.5 Å². The first-order valence-corrected chi connectivity index (χ1v) is 19.7. The van der Waals surface area contributed by atoms with Crippen molar-refractivity contribution in [1.29, 1.82) is 0 Å². The summed E-state index contributed by atoms with van der Waals surface area (Å²) in [5.74, 6) is -0.984. The number of phenolic OH excluding ortho intramolecular Hbond substituents is 1. The van der Waals surface area contributed by atoms with E-state index < -0.39 is 23.8 Å². The predicted molar refractivity (Wildman–Crippen MR) is 199 cm³/mol. The Labute approximate surface area is 313 Å². The number of rotatable bonds is 8. The third kappa shape index (κ3) is 6.35.